The van der Waals surface area contributed by atoms with Crippen molar-refractivity contribution in [1.29, 1.82) is 0 Å². The molecule has 0 aromatic heterocycles. The lowest BCUT2D eigenvalue weighted by molar-refractivity contribution is 0.240. The van der Waals surface area contributed by atoms with Crippen molar-refractivity contribution in [3.05, 3.63) is 65.7 Å². The number of unbranched alkanes of at least 4 members (excludes halogenated alkanes) is 1. The first-order chi connectivity index (χ1) is 11.3. The minimum absolute atomic E-state index is 0.143. The van der Waals surface area contributed by atoms with E-state index in [0.717, 1.165) is 30.6 Å². The summed E-state index contributed by atoms with van der Waals surface area (Å²) in [5.74, 6) is 0.788. The zero-order valence-electron chi connectivity index (χ0n) is 13.5. The lowest BCUT2D eigenvalue weighted by Crippen LogP contribution is -2.35. The number of carbonyl (C=O) groups excluding carboxylic acids is 1. The Hall–Kier alpha value is -2.49. The molecule has 0 radical (unpaired) electrons. The van der Waals surface area contributed by atoms with Gasteiger partial charge in [-0.25, -0.2) is 4.79 Å². The molecule has 0 saturated carbocycles. The van der Waals surface area contributed by atoms with Crippen LogP contribution >= 0.6 is 0 Å². The summed E-state index contributed by atoms with van der Waals surface area (Å²) in [6, 6.07) is 17.9. The lowest BCUT2D eigenvalue weighted by Gasteiger charge is -2.10. The van der Waals surface area contributed by atoms with Gasteiger partial charge in [0.05, 0.1) is 7.11 Å². The van der Waals surface area contributed by atoms with Crippen molar-refractivity contribution in [3.63, 3.8) is 0 Å². The van der Waals surface area contributed by atoms with Gasteiger partial charge in [0.15, 0.2) is 0 Å². The van der Waals surface area contributed by atoms with Gasteiger partial charge in [0.2, 0.25) is 0 Å². The molecule has 4 nitrogen and oxygen atoms in total. The molecular weight excluding hydrogens is 288 g/mol. The highest BCUT2D eigenvalue weighted by atomic mass is 16.5. The Kier molecular flexibility index (Phi) is 6.98. The molecule has 0 unspecified atom stereocenters. The molecule has 2 aromatic rings. The predicted octanol–water partition coefficient (Wildman–Crippen LogP) is 3.52. The number of hydrogen-bond donors (Lipinski definition) is 2. The van der Waals surface area contributed by atoms with Gasteiger partial charge < -0.3 is 15.4 Å². The number of methoxy groups -OCH3 is 1. The normalized spacial score (nSPS) is 10.1. The van der Waals surface area contributed by atoms with Crippen molar-refractivity contribution in [1.82, 2.24) is 10.6 Å². The van der Waals surface area contributed by atoms with E-state index < -0.39 is 0 Å². The fraction of sp³-hybridized carbons (Fsp3) is 0.316. The number of para-hydroxylation sites is 1. The second-order valence-corrected chi connectivity index (χ2v) is 5.36. The number of nitrogens with one attached hydrogen (secondary N) is 2. The van der Waals surface area contributed by atoms with Crippen LogP contribution < -0.4 is 15.4 Å². The number of ether oxygens (including phenoxy) is 1. The van der Waals surface area contributed by atoms with E-state index in [1.54, 1.807) is 7.11 Å². The summed E-state index contributed by atoms with van der Waals surface area (Å²) in [7, 11) is 1.63. The molecule has 0 saturated heterocycles. The Morgan fingerprint density at radius 1 is 0.957 bits per heavy atom. The fourth-order valence-corrected chi connectivity index (χ4v) is 2.39. The zero-order chi connectivity index (χ0) is 16.3. The second-order valence-electron chi connectivity index (χ2n) is 5.36. The van der Waals surface area contributed by atoms with Gasteiger partial charge in [-0.05, 0) is 30.9 Å². The van der Waals surface area contributed by atoms with E-state index in [1.165, 1.54) is 5.56 Å². The molecule has 0 spiro atoms. The van der Waals surface area contributed by atoms with Crippen LogP contribution in [0.25, 0.3) is 0 Å². The zero-order valence-corrected chi connectivity index (χ0v) is 13.5. The first-order valence-corrected chi connectivity index (χ1v) is 7.97. The topological polar surface area (TPSA) is 50.4 Å². The van der Waals surface area contributed by atoms with Gasteiger partial charge in [0.1, 0.15) is 5.75 Å². The number of aryl methyl sites for hydroxylation is 1. The van der Waals surface area contributed by atoms with Crippen LogP contribution in [0.1, 0.15) is 24.0 Å². The van der Waals surface area contributed by atoms with Crippen molar-refractivity contribution in [3.8, 4) is 5.75 Å². The van der Waals surface area contributed by atoms with Crippen LogP contribution in [0.5, 0.6) is 5.75 Å². The maximum absolute atomic E-state index is 11.8. The molecule has 122 valence electrons. The number of hydrogen-bond acceptors (Lipinski definition) is 2. The van der Waals surface area contributed by atoms with Gasteiger partial charge in [-0.1, -0.05) is 48.5 Å². The van der Waals surface area contributed by atoms with Crippen molar-refractivity contribution < 1.29 is 9.53 Å². The maximum atomic E-state index is 11.8. The molecule has 4 heteroatoms. The standard InChI is InChI=1S/C19H24N2O2/c1-23-18-13-6-5-12-17(18)15-21-19(22)20-14-8-7-11-16-9-3-2-4-10-16/h2-6,9-10,12-13H,7-8,11,14-15H2,1H3,(H2,20,21,22). The number of carbonyl (C=O) groups is 1. The van der Waals surface area contributed by atoms with Crippen LogP contribution in [0.2, 0.25) is 0 Å². The van der Waals surface area contributed by atoms with E-state index in [2.05, 4.69) is 34.9 Å². The average molecular weight is 312 g/mol. The summed E-state index contributed by atoms with van der Waals surface area (Å²) in [5, 5.41) is 5.74. The molecule has 0 bridgehead atoms. The van der Waals surface area contributed by atoms with Gasteiger partial charge in [-0.2, -0.15) is 0 Å². The fourth-order valence-electron chi connectivity index (χ4n) is 2.39. The molecule has 0 aliphatic heterocycles. The summed E-state index contributed by atoms with van der Waals surface area (Å²) in [4.78, 5) is 11.8. The molecule has 0 aliphatic carbocycles. The van der Waals surface area contributed by atoms with E-state index in [9.17, 15) is 4.79 Å². The second kappa shape index (κ2) is 9.51. The van der Waals surface area contributed by atoms with Crippen LogP contribution in [0.15, 0.2) is 54.6 Å². The molecule has 2 rings (SSSR count). The Bertz CT molecular complexity index is 599. The molecule has 23 heavy (non-hydrogen) atoms. The number of rotatable bonds is 8. The highest BCUT2D eigenvalue weighted by molar-refractivity contribution is 5.73. The average Bonchev–Trinajstić information content (AvgIpc) is 2.60. The third-order valence-corrected chi connectivity index (χ3v) is 3.65. The molecule has 0 heterocycles. The highest BCUT2D eigenvalue weighted by Gasteiger charge is 2.04. The van der Waals surface area contributed by atoms with Gasteiger partial charge in [-0.3, -0.25) is 0 Å². The Balaban J connectivity index is 1.60. The minimum Gasteiger partial charge on any atom is -0.496 e. The number of urea groups is 1. The summed E-state index contributed by atoms with van der Waals surface area (Å²) in [6.07, 6.45) is 3.08. The van der Waals surface area contributed by atoms with Crippen LogP contribution in [0, 0.1) is 0 Å². The van der Waals surface area contributed by atoms with E-state index in [1.807, 2.05) is 30.3 Å². The monoisotopic (exact) mass is 312 g/mol. The third kappa shape index (κ3) is 6.02. The van der Waals surface area contributed by atoms with Crippen LogP contribution in [0.4, 0.5) is 4.79 Å². The molecular formula is C19H24N2O2. The predicted molar refractivity (Wildman–Crippen MR) is 92.6 cm³/mol. The Morgan fingerprint density at radius 2 is 1.70 bits per heavy atom. The first kappa shape index (κ1) is 16.9. The summed E-state index contributed by atoms with van der Waals surface area (Å²) < 4.78 is 5.26. The number of benzene rings is 2. The van der Waals surface area contributed by atoms with E-state index >= 15 is 0 Å². The van der Waals surface area contributed by atoms with Crippen molar-refractivity contribution in [2.75, 3.05) is 13.7 Å². The first-order valence-electron chi connectivity index (χ1n) is 7.97. The molecule has 0 aliphatic rings. The highest BCUT2D eigenvalue weighted by Crippen LogP contribution is 2.16. The number of amides is 2. The van der Waals surface area contributed by atoms with E-state index in [4.69, 9.17) is 4.74 Å². The minimum atomic E-state index is -0.143. The maximum Gasteiger partial charge on any atom is 0.315 e. The van der Waals surface area contributed by atoms with Crippen LogP contribution in [-0.2, 0) is 13.0 Å². The quantitative estimate of drug-likeness (QED) is 0.733. The SMILES string of the molecule is COc1ccccc1CNC(=O)NCCCCc1ccccc1. The summed E-state index contributed by atoms with van der Waals surface area (Å²) >= 11 is 0. The van der Waals surface area contributed by atoms with Crippen molar-refractivity contribution in [2.45, 2.75) is 25.8 Å². The van der Waals surface area contributed by atoms with Crippen LogP contribution in [0.3, 0.4) is 0 Å². The van der Waals surface area contributed by atoms with E-state index in [0.29, 0.717) is 13.1 Å². The van der Waals surface area contributed by atoms with Gasteiger partial charge >= 0.3 is 6.03 Å². The lowest BCUT2D eigenvalue weighted by atomic mass is 10.1. The van der Waals surface area contributed by atoms with Crippen molar-refractivity contribution >= 4 is 6.03 Å². The summed E-state index contributed by atoms with van der Waals surface area (Å²) in [6.45, 7) is 1.14. The molecule has 2 aromatic carbocycles. The van der Waals surface area contributed by atoms with Crippen molar-refractivity contribution in [2.24, 2.45) is 0 Å². The molecule has 0 fully saturated rings. The smallest absolute Gasteiger partial charge is 0.315 e. The van der Waals surface area contributed by atoms with Gasteiger partial charge in [0.25, 0.3) is 0 Å². The van der Waals surface area contributed by atoms with Gasteiger partial charge in [-0.15, -0.1) is 0 Å². The summed E-state index contributed by atoms with van der Waals surface area (Å²) in [5.41, 5.74) is 2.31. The molecule has 2 N–H and O–H groups in total. The van der Waals surface area contributed by atoms with Gasteiger partial charge in [0, 0.05) is 18.7 Å². The Morgan fingerprint density at radius 3 is 2.48 bits per heavy atom. The Labute approximate surface area is 137 Å². The van der Waals surface area contributed by atoms with E-state index in [-0.39, 0.29) is 6.03 Å². The molecule has 2 amide bonds. The van der Waals surface area contributed by atoms with Crippen LogP contribution in [-0.4, -0.2) is 19.7 Å². The largest absolute Gasteiger partial charge is 0.496 e. The molecule has 0 atom stereocenters. The third-order valence-electron chi connectivity index (χ3n) is 3.65.